The lowest BCUT2D eigenvalue weighted by atomic mass is 10.2. The van der Waals surface area contributed by atoms with Crippen LogP contribution in [0.3, 0.4) is 0 Å². The minimum atomic E-state index is -0.337. The van der Waals surface area contributed by atoms with Crippen LogP contribution in [0.4, 0.5) is 14.9 Å². The van der Waals surface area contributed by atoms with E-state index in [1.165, 1.54) is 12.1 Å². The topological polar surface area (TPSA) is 65.9 Å². The normalized spacial score (nSPS) is 18.0. The predicted octanol–water partition coefficient (Wildman–Crippen LogP) is 1.32. The Morgan fingerprint density at radius 3 is 2.59 bits per heavy atom. The monoisotopic (exact) mass is 379 g/mol. The molecule has 1 aromatic carbocycles. The third-order valence-electron chi connectivity index (χ3n) is 5.14. The van der Waals surface area contributed by atoms with Crippen LogP contribution in [0.5, 0.6) is 0 Å². The van der Waals surface area contributed by atoms with Crippen LogP contribution in [0.1, 0.15) is 40.0 Å². The maximum atomic E-state index is 13.0. The van der Waals surface area contributed by atoms with Crippen LogP contribution in [0.2, 0.25) is 0 Å². The van der Waals surface area contributed by atoms with Gasteiger partial charge in [0, 0.05) is 24.7 Å². The number of nitrogens with zero attached hydrogens (tertiary/aromatic N) is 1. The van der Waals surface area contributed by atoms with Gasteiger partial charge in [-0.25, -0.2) is 9.18 Å². The molecule has 1 aliphatic heterocycles. The third-order valence-corrected chi connectivity index (χ3v) is 5.14. The number of hydrogen-bond donors (Lipinski definition) is 3. The maximum Gasteiger partial charge on any atom is 0.315 e. The quantitative estimate of drug-likeness (QED) is 0.606. The van der Waals surface area contributed by atoms with Gasteiger partial charge in [-0.3, -0.25) is 4.79 Å². The van der Waals surface area contributed by atoms with E-state index in [0.717, 1.165) is 32.5 Å². The molecule has 0 aromatic heterocycles. The van der Waals surface area contributed by atoms with E-state index < -0.39 is 0 Å². The molecule has 6 nitrogen and oxygen atoms in total. The van der Waals surface area contributed by atoms with Crippen molar-refractivity contribution in [3.63, 3.8) is 0 Å². The number of amides is 3. The third kappa shape index (κ3) is 6.50. The van der Waals surface area contributed by atoms with Gasteiger partial charge in [0.1, 0.15) is 5.82 Å². The molecule has 0 spiro atoms. The van der Waals surface area contributed by atoms with Crippen molar-refractivity contribution in [2.75, 3.05) is 31.1 Å². The first kappa shape index (κ1) is 21.2. The van der Waals surface area contributed by atoms with E-state index in [1.807, 2.05) is 6.92 Å². The first-order valence-electron chi connectivity index (χ1n) is 9.89. The maximum absolute atomic E-state index is 13.0. The molecule has 1 heterocycles. The van der Waals surface area contributed by atoms with Crippen LogP contribution < -0.4 is 20.4 Å². The summed E-state index contributed by atoms with van der Waals surface area (Å²) in [6.45, 7) is 10.1. The van der Waals surface area contributed by atoms with Crippen molar-refractivity contribution in [1.82, 2.24) is 10.6 Å². The van der Waals surface area contributed by atoms with Gasteiger partial charge < -0.3 is 20.4 Å². The average molecular weight is 380 g/mol. The molecule has 3 amide bonds. The summed E-state index contributed by atoms with van der Waals surface area (Å²) in [5.41, 5.74) is 0.651. The van der Waals surface area contributed by atoms with Crippen LogP contribution in [0, 0.1) is 5.82 Å². The van der Waals surface area contributed by atoms with E-state index >= 15 is 0 Å². The Bertz CT molecular complexity index is 619. The summed E-state index contributed by atoms with van der Waals surface area (Å²) in [6.07, 6.45) is 2.26. The number of rotatable bonds is 9. The smallest absolute Gasteiger partial charge is 0.315 e. The minimum absolute atomic E-state index is 0.0674. The van der Waals surface area contributed by atoms with E-state index in [0.29, 0.717) is 12.2 Å². The molecule has 150 valence electrons. The molecule has 7 heteroatoms. The highest BCUT2D eigenvalue weighted by molar-refractivity contribution is 5.96. The number of carbonyl (C=O) groups excluding carboxylic acids is 2. The molecular weight excluding hydrogens is 347 g/mol. The molecule has 2 atom stereocenters. The zero-order valence-electron chi connectivity index (χ0n) is 16.6. The number of halogens is 1. The lowest BCUT2D eigenvalue weighted by Gasteiger charge is -2.20. The number of benzene rings is 1. The fraction of sp³-hybridized carbons (Fsp3) is 0.600. The SMILES string of the molecule is CC[NH+](CC)CCC[C@H](C)NC(=O)N[C@@H]1CC(=O)N(c2ccc(F)cc2)C1. The second-order valence-electron chi connectivity index (χ2n) is 7.25. The molecule has 0 unspecified atom stereocenters. The highest BCUT2D eigenvalue weighted by Crippen LogP contribution is 2.21. The second kappa shape index (κ2) is 10.3. The minimum Gasteiger partial charge on any atom is -0.336 e. The largest absolute Gasteiger partial charge is 0.336 e. The van der Waals surface area contributed by atoms with Crippen molar-refractivity contribution in [1.29, 1.82) is 0 Å². The van der Waals surface area contributed by atoms with Crippen molar-refractivity contribution in [3.8, 4) is 0 Å². The van der Waals surface area contributed by atoms with Crippen LogP contribution in [-0.2, 0) is 4.79 Å². The van der Waals surface area contributed by atoms with Gasteiger partial charge in [-0.15, -0.1) is 0 Å². The summed E-state index contributed by atoms with van der Waals surface area (Å²) >= 11 is 0. The lowest BCUT2D eigenvalue weighted by molar-refractivity contribution is -0.896. The molecule has 1 fully saturated rings. The molecular formula is C20H32FN4O2+. The van der Waals surface area contributed by atoms with Gasteiger partial charge in [-0.05, 0) is 57.9 Å². The zero-order chi connectivity index (χ0) is 19.8. The van der Waals surface area contributed by atoms with Gasteiger partial charge in [-0.2, -0.15) is 0 Å². The van der Waals surface area contributed by atoms with Crippen LogP contribution in [0.25, 0.3) is 0 Å². The fourth-order valence-electron chi connectivity index (χ4n) is 3.46. The summed E-state index contributed by atoms with van der Waals surface area (Å²) in [4.78, 5) is 27.6. The molecule has 2 rings (SSSR count). The van der Waals surface area contributed by atoms with E-state index in [9.17, 15) is 14.0 Å². The average Bonchev–Trinajstić information content (AvgIpc) is 2.99. The molecule has 0 bridgehead atoms. The molecule has 27 heavy (non-hydrogen) atoms. The van der Waals surface area contributed by atoms with Crippen molar-refractivity contribution in [3.05, 3.63) is 30.1 Å². The fourth-order valence-corrected chi connectivity index (χ4v) is 3.46. The van der Waals surface area contributed by atoms with E-state index in [-0.39, 0.29) is 36.3 Å². The van der Waals surface area contributed by atoms with Crippen LogP contribution >= 0.6 is 0 Å². The Morgan fingerprint density at radius 1 is 1.30 bits per heavy atom. The number of urea groups is 1. The predicted molar refractivity (Wildman–Crippen MR) is 104 cm³/mol. The van der Waals surface area contributed by atoms with E-state index in [4.69, 9.17) is 0 Å². The Hall–Kier alpha value is -2.15. The summed E-state index contributed by atoms with van der Waals surface area (Å²) in [5, 5.41) is 5.84. The van der Waals surface area contributed by atoms with Gasteiger partial charge in [-0.1, -0.05) is 0 Å². The van der Waals surface area contributed by atoms with E-state index in [2.05, 4.69) is 24.5 Å². The number of anilines is 1. The van der Waals surface area contributed by atoms with Crippen LogP contribution in [0.15, 0.2) is 24.3 Å². The number of carbonyl (C=O) groups is 2. The summed E-state index contributed by atoms with van der Waals surface area (Å²) in [6, 6.07) is 5.43. The van der Waals surface area contributed by atoms with E-state index in [1.54, 1.807) is 21.9 Å². The summed E-state index contributed by atoms with van der Waals surface area (Å²) < 4.78 is 13.0. The van der Waals surface area contributed by atoms with Gasteiger partial charge in [0.05, 0.1) is 25.7 Å². The molecule has 0 saturated carbocycles. The second-order valence-corrected chi connectivity index (χ2v) is 7.25. The number of hydrogen-bond acceptors (Lipinski definition) is 2. The Kier molecular flexibility index (Phi) is 8.03. The lowest BCUT2D eigenvalue weighted by Crippen LogP contribution is -3.11. The van der Waals surface area contributed by atoms with Gasteiger partial charge in [0.25, 0.3) is 0 Å². The molecule has 1 saturated heterocycles. The van der Waals surface area contributed by atoms with Crippen molar-refractivity contribution in [2.24, 2.45) is 0 Å². The molecule has 1 aromatic rings. The number of quaternary nitrogens is 1. The standard InChI is InChI=1S/C20H31FN4O2/c1-4-24(5-2)12-6-7-15(3)22-20(27)23-17-13-19(26)25(14-17)18-10-8-16(21)9-11-18/h8-11,15,17H,4-7,12-14H2,1-3H3,(H2,22,23,27)/p+1/t15-,17+/m0/s1. The summed E-state index contributed by atoms with van der Waals surface area (Å²) in [5.74, 6) is -0.404. The van der Waals surface area contributed by atoms with Gasteiger partial charge >= 0.3 is 6.03 Å². The highest BCUT2D eigenvalue weighted by Gasteiger charge is 2.31. The van der Waals surface area contributed by atoms with Crippen molar-refractivity contribution in [2.45, 2.75) is 52.1 Å². The number of nitrogens with one attached hydrogen (secondary N) is 3. The first-order chi connectivity index (χ1) is 12.9. The zero-order valence-corrected chi connectivity index (χ0v) is 16.6. The van der Waals surface area contributed by atoms with Gasteiger partial charge in [0.15, 0.2) is 0 Å². The van der Waals surface area contributed by atoms with Crippen LogP contribution in [-0.4, -0.2) is 50.2 Å². The molecule has 3 N–H and O–H groups in total. The Balaban J connectivity index is 1.74. The highest BCUT2D eigenvalue weighted by atomic mass is 19.1. The molecule has 0 aliphatic carbocycles. The van der Waals surface area contributed by atoms with Crippen molar-refractivity contribution >= 4 is 17.6 Å². The molecule has 0 radical (unpaired) electrons. The van der Waals surface area contributed by atoms with Crippen molar-refractivity contribution < 1.29 is 18.9 Å². The summed E-state index contributed by atoms with van der Waals surface area (Å²) in [7, 11) is 0. The molecule has 1 aliphatic rings. The Labute approximate surface area is 161 Å². The van der Waals surface area contributed by atoms with Gasteiger partial charge in [0.2, 0.25) is 5.91 Å². The Morgan fingerprint density at radius 2 is 1.96 bits per heavy atom. The first-order valence-corrected chi connectivity index (χ1v) is 9.89.